The van der Waals surface area contributed by atoms with E-state index in [-0.39, 0.29) is 0 Å². The van der Waals surface area contributed by atoms with Crippen LogP contribution in [0.15, 0.2) is 33.9 Å². The van der Waals surface area contributed by atoms with Crippen LogP contribution in [-0.4, -0.2) is 21.6 Å². The van der Waals surface area contributed by atoms with E-state index < -0.39 is 10.0 Å². The van der Waals surface area contributed by atoms with Crippen LogP contribution in [0.5, 0.6) is 5.75 Å². The number of hydrogen-bond acceptors (Lipinski definition) is 4. The van der Waals surface area contributed by atoms with Crippen molar-refractivity contribution in [3.05, 3.63) is 40.8 Å². The van der Waals surface area contributed by atoms with E-state index in [1.165, 1.54) is 15.6 Å². The zero-order valence-electron chi connectivity index (χ0n) is 11.3. The van der Waals surface area contributed by atoms with Crippen molar-refractivity contribution in [3.63, 3.8) is 0 Å². The minimum atomic E-state index is -3.50. The van der Waals surface area contributed by atoms with Crippen molar-refractivity contribution in [3.8, 4) is 5.75 Å². The van der Waals surface area contributed by atoms with Gasteiger partial charge < -0.3 is 4.74 Å². The van der Waals surface area contributed by atoms with E-state index in [0.717, 1.165) is 11.1 Å². The van der Waals surface area contributed by atoms with Crippen LogP contribution >= 0.6 is 11.3 Å². The molecule has 0 spiro atoms. The van der Waals surface area contributed by atoms with Crippen LogP contribution in [0, 0.1) is 13.8 Å². The van der Waals surface area contributed by atoms with E-state index in [4.69, 9.17) is 4.74 Å². The number of thiophene rings is 1. The number of rotatable bonds is 2. The quantitative estimate of drug-likeness (QED) is 0.857. The Hall–Kier alpha value is -1.53. The Labute approximate surface area is 122 Å². The lowest BCUT2D eigenvalue weighted by Crippen LogP contribution is -2.38. The summed E-state index contributed by atoms with van der Waals surface area (Å²) in [5.74, 6) is 0.647. The molecule has 0 bridgehead atoms. The monoisotopic (exact) mass is 309 g/mol. The Bertz CT molecular complexity index is 736. The molecular weight excluding hydrogens is 294 g/mol. The normalized spacial score (nSPS) is 14.8. The van der Waals surface area contributed by atoms with E-state index in [9.17, 15) is 8.42 Å². The number of benzene rings is 1. The summed E-state index contributed by atoms with van der Waals surface area (Å²) in [7, 11) is -3.50. The lowest BCUT2D eigenvalue weighted by atomic mass is 10.1. The van der Waals surface area contributed by atoms with Crippen molar-refractivity contribution in [1.29, 1.82) is 0 Å². The summed E-state index contributed by atoms with van der Waals surface area (Å²) < 4.78 is 32.9. The van der Waals surface area contributed by atoms with Crippen molar-refractivity contribution in [2.75, 3.05) is 17.5 Å². The summed E-state index contributed by atoms with van der Waals surface area (Å²) in [6.45, 7) is 4.61. The molecule has 0 saturated carbocycles. The fourth-order valence-corrected chi connectivity index (χ4v) is 5.09. The van der Waals surface area contributed by atoms with Gasteiger partial charge in [0.1, 0.15) is 16.6 Å². The molecule has 6 heteroatoms. The first-order chi connectivity index (χ1) is 9.50. The maximum atomic E-state index is 12.7. The molecule has 1 aliphatic rings. The number of ether oxygens (including phenoxy) is 1. The average Bonchev–Trinajstić information content (AvgIpc) is 2.92. The summed E-state index contributed by atoms with van der Waals surface area (Å²) in [6.07, 6.45) is 0. The van der Waals surface area contributed by atoms with E-state index in [0.29, 0.717) is 28.8 Å². The molecule has 1 aromatic carbocycles. The molecule has 2 heterocycles. The highest BCUT2D eigenvalue weighted by atomic mass is 32.2. The lowest BCUT2D eigenvalue weighted by molar-refractivity contribution is 0.315. The fraction of sp³-hybridized carbons (Fsp3) is 0.286. The van der Waals surface area contributed by atoms with Crippen LogP contribution in [0.1, 0.15) is 11.1 Å². The molecule has 0 saturated heterocycles. The zero-order chi connectivity index (χ0) is 14.3. The molecule has 3 rings (SSSR count). The van der Waals surface area contributed by atoms with Gasteiger partial charge >= 0.3 is 0 Å². The molecule has 106 valence electrons. The summed E-state index contributed by atoms with van der Waals surface area (Å²) in [6, 6.07) is 7.25. The molecule has 4 nitrogen and oxygen atoms in total. The van der Waals surface area contributed by atoms with Crippen molar-refractivity contribution in [2.45, 2.75) is 18.1 Å². The van der Waals surface area contributed by atoms with Crippen molar-refractivity contribution < 1.29 is 13.2 Å². The second-order valence-corrected chi connectivity index (χ2v) is 7.82. The van der Waals surface area contributed by atoms with Crippen molar-refractivity contribution in [2.24, 2.45) is 0 Å². The SMILES string of the molecule is Cc1cc(C)c2c(c1)OCCN2S(=O)(=O)c1cccs1. The first-order valence-corrected chi connectivity index (χ1v) is 8.62. The number of nitrogens with zero attached hydrogens (tertiary/aromatic N) is 1. The number of fused-ring (bicyclic) bond motifs is 1. The van der Waals surface area contributed by atoms with E-state index in [1.807, 2.05) is 26.0 Å². The second kappa shape index (κ2) is 4.79. The minimum Gasteiger partial charge on any atom is -0.489 e. The molecule has 0 N–H and O–H groups in total. The third-order valence-electron chi connectivity index (χ3n) is 3.25. The molecule has 0 atom stereocenters. The van der Waals surface area contributed by atoms with Crippen LogP contribution in [-0.2, 0) is 10.0 Å². The number of hydrogen-bond donors (Lipinski definition) is 0. The first kappa shape index (κ1) is 13.5. The number of aryl methyl sites for hydroxylation is 2. The highest BCUT2D eigenvalue weighted by Crippen LogP contribution is 2.39. The first-order valence-electron chi connectivity index (χ1n) is 6.30. The number of sulfonamides is 1. The molecule has 0 aliphatic carbocycles. The summed E-state index contributed by atoms with van der Waals surface area (Å²) in [5, 5.41) is 1.77. The van der Waals surface area contributed by atoms with Gasteiger partial charge in [0.25, 0.3) is 10.0 Å². The maximum Gasteiger partial charge on any atom is 0.274 e. The predicted molar refractivity (Wildman–Crippen MR) is 80.3 cm³/mol. The molecule has 0 amide bonds. The standard InChI is InChI=1S/C14H15NO3S2/c1-10-8-11(2)14-12(9-10)18-6-5-15(14)20(16,17)13-4-3-7-19-13/h3-4,7-9H,5-6H2,1-2H3. The van der Waals surface area contributed by atoms with Gasteiger partial charge in [0.2, 0.25) is 0 Å². The van der Waals surface area contributed by atoms with Gasteiger partial charge in [-0.1, -0.05) is 12.1 Å². The fourth-order valence-electron chi connectivity index (χ4n) is 2.46. The Balaban J connectivity index is 2.16. The molecular formula is C14H15NO3S2. The van der Waals surface area contributed by atoms with Crippen molar-refractivity contribution >= 4 is 27.0 Å². The molecule has 0 fully saturated rings. The second-order valence-electron chi connectivity index (χ2n) is 4.79. The third kappa shape index (κ3) is 2.09. The van der Waals surface area contributed by atoms with Crippen LogP contribution < -0.4 is 9.04 Å². The highest BCUT2D eigenvalue weighted by Gasteiger charge is 2.32. The summed E-state index contributed by atoms with van der Waals surface area (Å²) in [4.78, 5) is 0. The van der Waals surface area contributed by atoms with Gasteiger partial charge in [0.15, 0.2) is 0 Å². The van der Waals surface area contributed by atoms with Crippen LogP contribution in [0.2, 0.25) is 0 Å². The molecule has 20 heavy (non-hydrogen) atoms. The predicted octanol–water partition coefficient (Wildman–Crippen LogP) is 2.95. The van der Waals surface area contributed by atoms with Gasteiger partial charge in [-0.2, -0.15) is 0 Å². The molecule has 2 aromatic rings. The highest BCUT2D eigenvalue weighted by molar-refractivity contribution is 7.94. The van der Waals surface area contributed by atoms with Crippen molar-refractivity contribution in [1.82, 2.24) is 0 Å². The van der Waals surface area contributed by atoms with Gasteiger partial charge in [-0.3, -0.25) is 4.31 Å². The maximum absolute atomic E-state index is 12.7. The van der Waals surface area contributed by atoms with Gasteiger partial charge in [-0.15, -0.1) is 11.3 Å². The molecule has 0 unspecified atom stereocenters. The smallest absolute Gasteiger partial charge is 0.274 e. The molecule has 1 aliphatic heterocycles. The Morgan fingerprint density at radius 3 is 2.80 bits per heavy atom. The Morgan fingerprint density at radius 1 is 1.30 bits per heavy atom. The summed E-state index contributed by atoms with van der Waals surface area (Å²) >= 11 is 1.24. The third-order valence-corrected chi connectivity index (χ3v) is 6.42. The molecule has 1 aromatic heterocycles. The van der Waals surface area contributed by atoms with Gasteiger partial charge in [0.05, 0.1) is 12.2 Å². The van der Waals surface area contributed by atoms with E-state index in [1.54, 1.807) is 17.5 Å². The Kier molecular flexibility index (Phi) is 3.22. The van der Waals surface area contributed by atoms with E-state index >= 15 is 0 Å². The van der Waals surface area contributed by atoms with Gasteiger partial charge in [-0.05, 0) is 42.5 Å². The Morgan fingerprint density at radius 2 is 2.10 bits per heavy atom. The number of anilines is 1. The molecule has 0 radical (unpaired) electrons. The minimum absolute atomic E-state index is 0.344. The zero-order valence-corrected chi connectivity index (χ0v) is 12.9. The van der Waals surface area contributed by atoms with Gasteiger partial charge in [0, 0.05) is 0 Å². The van der Waals surface area contributed by atoms with Crippen LogP contribution in [0.3, 0.4) is 0 Å². The lowest BCUT2D eigenvalue weighted by Gasteiger charge is -2.31. The van der Waals surface area contributed by atoms with Gasteiger partial charge in [-0.25, -0.2) is 8.42 Å². The van der Waals surface area contributed by atoms with Crippen LogP contribution in [0.4, 0.5) is 5.69 Å². The van der Waals surface area contributed by atoms with Crippen LogP contribution in [0.25, 0.3) is 0 Å². The average molecular weight is 309 g/mol. The summed E-state index contributed by atoms with van der Waals surface area (Å²) in [5.41, 5.74) is 2.65. The topological polar surface area (TPSA) is 46.6 Å². The largest absolute Gasteiger partial charge is 0.489 e. The van der Waals surface area contributed by atoms with E-state index in [2.05, 4.69) is 0 Å².